The third-order valence-corrected chi connectivity index (χ3v) is 3.41. The van der Waals surface area contributed by atoms with Crippen molar-refractivity contribution < 1.29 is 4.79 Å². The Morgan fingerprint density at radius 1 is 1.44 bits per heavy atom. The van der Waals surface area contributed by atoms with E-state index in [4.69, 9.17) is 5.73 Å². The molecule has 4 nitrogen and oxygen atoms in total. The molecule has 18 heavy (non-hydrogen) atoms. The molecule has 1 aliphatic heterocycles. The molecule has 2 rings (SSSR count). The fourth-order valence-electron chi connectivity index (χ4n) is 2.29. The molecule has 0 spiro atoms. The number of carbonyl (C=O) groups excluding carboxylic acids is 1. The maximum atomic E-state index is 11.9. The van der Waals surface area contributed by atoms with E-state index in [1.807, 2.05) is 31.2 Å². The van der Waals surface area contributed by atoms with E-state index in [9.17, 15) is 4.79 Å². The van der Waals surface area contributed by atoms with Crippen molar-refractivity contribution in [3.05, 3.63) is 29.8 Å². The van der Waals surface area contributed by atoms with Crippen LogP contribution in [0.25, 0.3) is 0 Å². The first-order valence-electron chi connectivity index (χ1n) is 6.46. The molecular formula is C14H21N3O. The molecule has 98 valence electrons. The number of amides is 1. The predicted molar refractivity (Wildman–Crippen MR) is 73.4 cm³/mol. The number of aryl methyl sites for hydroxylation is 1. The van der Waals surface area contributed by atoms with E-state index >= 15 is 0 Å². The van der Waals surface area contributed by atoms with Crippen LogP contribution in [0, 0.1) is 12.8 Å². The lowest BCUT2D eigenvalue weighted by molar-refractivity contribution is -0.117. The number of hydrogen-bond acceptors (Lipinski definition) is 3. The van der Waals surface area contributed by atoms with Gasteiger partial charge in [0, 0.05) is 12.2 Å². The Hall–Kier alpha value is -1.39. The Morgan fingerprint density at radius 2 is 2.17 bits per heavy atom. The lowest BCUT2D eigenvalue weighted by Gasteiger charge is -2.15. The van der Waals surface area contributed by atoms with Gasteiger partial charge < -0.3 is 11.1 Å². The monoisotopic (exact) mass is 247 g/mol. The molecule has 1 aliphatic rings. The fourth-order valence-corrected chi connectivity index (χ4v) is 2.29. The highest BCUT2D eigenvalue weighted by atomic mass is 16.2. The minimum absolute atomic E-state index is 0.0523. The molecule has 4 heteroatoms. The van der Waals surface area contributed by atoms with Crippen LogP contribution in [-0.2, 0) is 4.79 Å². The summed E-state index contributed by atoms with van der Waals surface area (Å²) in [7, 11) is 0. The summed E-state index contributed by atoms with van der Waals surface area (Å²) < 4.78 is 0. The molecule has 1 aromatic rings. The quantitative estimate of drug-likeness (QED) is 0.841. The molecule has 1 unspecified atom stereocenters. The average molecular weight is 247 g/mol. The van der Waals surface area contributed by atoms with Gasteiger partial charge in [-0.3, -0.25) is 9.69 Å². The van der Waals surface area contributed by atoms with Gasteiger partial charge in [0.15, 0.2) is 0 Å². The number of nitrogens with zero attached hydrogens (tertiary/aromatic N) is 1. The minimum Gasteiger partial charge on any atom is -0.330 e. The van der Waals surface area contributed by atoms with Gasteiger partial charge >= 0.3 is 0 Å². The highest BCUT2D eigenvalue weighted by Crippen LogP contribution is 2.14. The summed E-state index contributed by atoms with van der Waals surface area (Å²) in [5.74, 6) is 0.605. The minimum atomic E-state index is 0.0523. The van der Waals surface area contributed by atoms with Crippen molar-refractivity contribution in [3.8, 4) is 0 Å². The van der Waals surface area contributed by atoms with Crippen molar-refractivity contribution in [3.63, 3.8) is 0 Å². The van der Waals surface area contributed by atoms with Crippen LogP contribution in [0.2, 0.25) is 0 Å². The number of nitrogens with two attached hydrogens (primary N) is 1. The summed E-state index contributed by atoms with van der Waals surface area (Å²) in [6, 6.07) is 7.85. The summed E-state index contributed by atoms with van der Waals surface area (Å²) in [5, 5.41) is 2.92. The van der Waals surface area contributed by atoms with Crippen molar-refractivity contribution in [1.29, 1.82) is 0 Å². The van der Waals surface area contributed by atoms with E-state index in [1.54, 1.807) is 0 Å². The highest BCUT2D eigenvalue weighted by Gasteiger charge is 2.22. The van der Waals surface area contributed by atoms with Crippen LogP contribution < -0.4 is 11.1 Å². The zero-order valence-electron chi connectivity index (χ0n) is 10.9. The van der Waals surface area contributed by atoms with Gasteiger partial charge in [0.05, 0.1) is 6.54 Å². The van der Waals surface area contributed by atoms with Crippen LogP contribution >= 0.6 is 0 Å². The number of hydrogen-bond donors (Lipinski definition) is 2. The first kappa shape index (κ1) is 13.1. The normalized spacial score (nSPS) is 20.0. The molecule has 0 radical (unpaired) electrons. The van der Waals surface area contributed by atoms with Crippen LogP contribution in [-0.4, -0.2) is 37.0 Å². The molecule has 0 saturated carbocycles. The maximum Gasteiger partial charge on any atom is 0.238 e. The van der Waals surface area contributed by atoms with Crippen LogP contribution in [0.4, 0.5) is 5.69 Å². The average Bonchev–Trinajstić information content (AvgIpc) is 2.79. The zero-order valence-corrected chi connectivity index (χ0v) is 10.9. The molecule has 1 saturated heterocycles. The molecule has 0 bridgehead atoms. The van der Waals surface area contributed by atoms with Crippen molar-refractivity contribution in [2.75, 3.05) is 31.5 Å². The molecule has 0 aromatic heterocycles. The lowest BCUT2D eigenvalue weighted by Crippen LogP contribution is -2.32. The molecule has 0 aliphatic carbocycles. The summed E-state index contributed by atoms with van der Waals surface area (Å²) in [6.45, 7) is 5.13. The second-order valence-corrected chi connectivity index (χ2v) is 5.04. The van der Waals surface area contributed by atoms with E-state index in [-0.39, 0.29) is 5.91 Å². The number of rotatable bonds is 4. The third kappa shape index (κ3) is 3.55. The van der Waals surface area contributed by atoms with Gasteiger partial charge in [-0.1, -0.05) is 17.7 Å². The summed E-state index contributed by atoms with van der Waals surface area (Å²) in [4.78, 5) is 14.0. The molecule has 1 aromatic carbocycles. The van der Waals surface area contributed by atoms with Gasteiger partial charge in [-0.15, -0.1) is 0 Å². The first-order valence-corrected chi connectivity index (χ1v) is 6.46. The molecule has 1 fully saturated rings. The summed E-state index contributed by atoms with van der Waals surface area (Å²) >= 11 is 0. The lowest BCUT2D eigenvalue weighted by atomic mass is 10.1. The number of benzene rings is 1. The number of carbonyl (C=O) groups is 1. The van der Waals surface area contributed by atoms with Crippen molar-refractivity contribution in [2.45, 2.75) is 13.3 Å². The summed E-state index contributed by atoms with van der Waals surface area (Å²) in [6.07, 6.45) is 1.11. The van der Waals surface area contributed by atoms with Gasteiger partial charge in [0.1, 0.15) is 0 Å². The second-order valence-electron chi connectivity index (χ2n) is 5.04. The topological polar surface area (TPSA) is 58.4 Å². The van der Waals surface area contributed by atoms with Crippen molar-refractivity contribution >= 4 is 11.6 Å². The van der Waals surface area contributed by atoms with Gasteiger partial charge in [0.25, 0.3) is 0 Å². The Bertz CT molecular complexity index is 402. The van der Waals surface area contributed by atoms with E-state index in [1.165, 1.54) is 5.56 Å². The van der Waals surface area contributed by atoms with Crippen LogP contribution in [0.1, 0.15) is 12.0 Å². The fraction of sp³-hybridized carbons (Fsp3) is 0.500. The smallest absolute Gasteiger partial charge is 0.238 e. The molecule has 1 amide bonds. The molecular weight excluding hydrogens is 226 g/mol. The van der Waals surface area contributed by atoms with Crippen LogP contribution in [0.5, 0.6) is 0 Å². The molecule has 1 atom stereocenters. The third-order valence-electron chi connectivity index (χ3n) is 3.41. The molecule has 3 N–H and O–H groups in total. The number of anilines is 1. The zero-order chi connectivity index (χ0) is 13.0. The second kappa shape index (κ2) is 5.98. The standard InChI is InChI=1S/C14H21N3O/c1-11-2-4-13(5-3-11)16-14(18)10-17-7-6-12(8-15)9-17/h2-5,12H,6-10,15H2,1H3,(H,16,18). The number of nitrogens with one attached hydrogen (secondary N) is 1. The van der Waals surface area contributed by atoms with Crippen molar-refractivity contribution in [2.24, 2.45) is 11.7 Å². The summed E-state index contributed by atoms with van der Waals surface area (Å²) in [5.41, 5.74) is 7.69. The largest absolute Gasteiger partial charge is 0.330 e. The van der Waals surface area contributed by atoms with E-state index in [0.29, 0.717) is 12.5 Å². The van der Waals surface area contributed by atoms with E-state index < -0.39 is 0 Å². The first-order chi connectivity index (χ1) is 8.67. The van der Waals surface area contributed by atoms with E-state index in [0.717, 1.165) is 31.7 Å². The SMILES string of the molecule is Cc1ccc(NC(=O)CN2CCC(CN)C2)cc1. The highest BCUT2D eigenvalue weighted by molar-refractivity contribution is 5.92. The Morgan fingerprint density at radius 3 is 2.78 bits per heavy atom. The van der Waals surface area contributed by atoms with Crippen LogP contribution in [0.15, 0.2) is 24.3 Å². The van der Waals surface area contributed by atoms with Gasteiger partial charge in [-0.05, 0) is 44.5 Å². The van der Waals surface area contributed by atoms with Gasteiger partial charge in [0.2, 0.25) is 5.91 Å². The Labute approximate surface area is 108 Å². The van der Waals surface area contributed by atoms with Gasteiger partial charge in [-0.2, -0.15) is 0 Å². The molecule has 1 heterocycles. The number of likely N-dealkylation sites (tertiary alicyclic amines) is 1. The van der Waals surface area contributed by atoms with Gasteiger partial charge in [-0.25, -0.2) is 0 Å². The Kier molecular flexibility index (Phi) is 4.33. The van der Waals surface area contributed by atoms with Crippen molar-refractivity contribution in [1.82, 2.24) is 4.90 Å². The van der Waals surface area contributed by atoms with E-state index in [2.05, 4.69) is 10.2 Å². The predicted octanol–water partition coefficient (Wildman–Crippen LogP) is 1.21. The maximum absolute atomic E-state index is 11.9. The Balaban J connectivity index is 1.80. The van der Waals surface area contributed by atoms with Crippen LogP contribution in [0.3, 0.4) is 0 Å².